The van der Waals surface area contributed by atoms with Crippen molar-refractivity contribution in [2.45, 2.75) is 65.2 Å². The van der Waals surface area contributed by atoms with Crippen molar-refractivity contribution in [3.05, 3.63) is 75.8 Å². The van der Waals surface area contributed by atoms with Crippen LogP contribution in [0.4, 0.5) is 5.69 Å². The summed E-state index contributed by atoms with van der Waals surface area (Å²) in [5.74, 6) is 0.343. The molecule has 2 unspecified atom stereocenters. The Hall–Kier alpha value is -3.64. The second-order valence-electron chi connectivity index (χ2n) is 10.3. The van der Waals surface area contributed by atoms with E-state index in [2.05, 4.69) is 37.5 Å². The van der Waals surface area contributed by atoms with Gasteiger partial charge in [0.1, 0.15) is 5.57 Å². The largest absolute Gasteiger partial charge is 0.481 e. The van der Waals surface area contributed by atoms with E-state index in [0.29, 0.717) is 28.9 Å². The van der Waals surface area contributed by atoms with Crippen molar-refractivity contribution in [3.8, 4) is 28.3 Å². The Kier molecular flexibility index (Phi) is 9.31. The van der Waals surface area contributed by atoms with Crippen molar-refractivity contribution >= 4 is 29.1 Å². The number of hydrogen-bond donors (Lipinski definition) is 2. The molecule has 210 valence electrons. The van der Waals surface area contributed by atoms with Gasteiger partial charge in [-0.2, -0.15) is 0 Å². The fourth-order valence-corrected chi connectivity index (χ4v) is 5.85. The van der Waals surface area contributed by atoms with Gasteiger partial charge in [-0.3, -0.25) is 9.59 Å². The van der Waals surface area contributed by atoms with Crippen LogP contribution in [0.5, 0.6) is 5.88 Å². The van der Waals surface area contributed by atoms with Crippen LogP contribution in [0.1, 0.15) is 75.5 Å². The predicted octanol–water partition coefficient (Wildman–Crippen LogP) is 7.66. The van der Waals surface area contributed by atoms with E-state index in [1.165, 1.54) is 18.2 Å². The number of aryl methyl sites for hydroxylation is 1. The zero-order chi connectivity index (χ0) is 29.0. The number of benzene rings is 2. The summed E-state index contributed by atoms with van der Waals surface area (Å²) in [7, 11) is 3.18. The number of rotatable bonds is 9. The SMILES string of the molecule is CC/C=C(\C(=O)NC)C(=O)Nc1cccc(-c2cccc(-c3cc4c(c(OC)n3)C(C)CC4)c2Cl)c1C(C)CC. The van der Waals surface area contributed by atoms with Crippen LogP contribution >= 0.6 is 11.6 Å². The summed E-state index contributed by atoms with van der Waals surface area (Å²) in [5, 5.41) is 6.16. The lowest BCUT2D eigenvalue weighted by atomic mass is 9.87. The molecule has 3 aromatic rings. The Bertz CT molecular complexity index is 1460. The van der Waals surface area contributed by atoms with Crippen LogP contribution in [0.25, 0.3) is 22.4 Å². The van der Waals surface area contributed by atoms with Crippen molar-refractivity contribution in [2.75, 3.05) is 19.5 Å². The molecule has 0 bridgehead atoms. The second-order valence-corrected chi connectivity index (χ2v) is 10.7. The first kappa shape index (κ1) is 29.3. The van der Waals surface area contributed by atoms with Gasteiger partial charge in [0.05, 0.1) is 17.8 Å². The minimum Gasteiger partial charge on any atom is -0.481 e. The van der Waals surface area contributed by atoms with Gasteiger partial charge in [0.25, 0.3) is 11.8 Å². The van der Waals surface area contributed by atoms with Crippen molar-refractivity contribution in [3.63, 3.8) is 0 Å². The molecular formula is C33H38ClN3O3. The number of aromatic nitrogens is 1. The number of allylic oxidation sites excluding steroid dienone is 1. The van der Waals surface area contributed by atoms with Crippen molar-refractivity contribution < 1.29 is 14.3 Å². The highest BCUT2D eigenvalue weighted by Gasteiger charge is 2.27. The topological polar surface area (TPSA) is 80.3 Å². The average molecular weight is 560 g/mol. The zero-order valence-electron chi connectivity index (χ0n) is 24.2. The third-order valence-corrected chi connectivity index (χ3v) is 8.20. The third kappa shape index (κ3) is 5.64. The van der Waals surface area contributed by atoms with Crippen LogP contribution in [0.2, 0.25) is 5.02 Å². The van der Waals surface area contributed by atoms with Crippen molar-refractivity contribution in [1.82, 2.24) is 10.3 Å². The molecule has 1 aliphatic rings. The number of amides is 2. The van der Waals surface area contributed by atoms with Crippen LogP contribution in [0, 0.1) is 0 Å². The molecule has 2 atom stereocenters. The molecule has 6 nitrogen and oxygen atoms in total. The first-order chi connectivity index (χ1) is 19.2. The summed E-state index contributed by atoms with van der Waals surface area (Å²) in [4.78, 5) is 30.4. The normalized spacial score (nSPS) is 15.4. The molecule has 0 spiro atoms. The monoisotopic (exact) mass is 559 g/mol. The van der Waals surface area contributed by atoms with E-state index in [1.807, 2.05) is 43.3 Å². The first-order valence-corrected chi connectivity index (χ1v) is 14.4. The molecular weight excluding hydrogens is 522 g/mol. The molecule has 0 saturated carbocycles. The van der Waals surface area contributed by atoms with Crippen LogP contribution < -0.4 is 15.4 Å². The molecule has 0 saturated heterocycles. The van der Waals surface area contributed by atoms with E-state index < -0.39 is 11.8 Å². The van der Waals surface area contributed by atoms with E-state index in [0.717, 1.165) is 47.2 Å². The number of methoxy groups -OCH3 is 1. The first-order valence-electron chi connectivity index (χ1n) is 14.0. The number of fused-ring (bicyclic) bond motifs is 1. The van der Waals surface area contributed by atoms with Gasteiger partial charge in [-0.25, -0.2) is 4.98 Å². The number of carbonyl (C=O) groups is 2. The maximum Gasteiger partial charge on any atom is 0.260 e. The van der Waals surface area contributed by atoms with E-state index >= 15 is 0 Å². The zero-order valence-corrected chi connectivity index (χ0v) is 24.9. The van der Waals surface area contributed by atoms with Crippen LogP contribution in [0.15, 0.2) is 54.1 Å². The number of halogens is 1. The lowest BCUT2D eigenvalue weighted by Crippen LogP contribution is -2.29. The molecule has 40 heavy (non-hydrogen) atoms. The number of ether oxygens (including phenoxy) is 1. The molecule has 7 heteroatoms. The van der Waals surface area contributed by atoms with Crippen LogP contribution in [-0.4, -0.2) is 31.0 Å². The third-order valence-electron chi connectivity index (χ3n) is 7.79. The Balaban J connectivity index is 1.83. The van der Waals surface area contributed by atoms with Gasteiger partial charge in [0.15, 0.2) is 0 Å². The summed E-state index contributed by atoms with van der Waals surface area (Å²) in [6.07, 6.45) is 5.13. The average Bonchev–Trinajstić information content (AvgIpc) is 3.35. The molecule has 1 aliphatic carbocycles. The molecule has 1 aromatic heterocycles. The minimum atomic E-state index is -0.439. The Morgan fingerprint density at radius 1 is 1.12 bits per heavy atom. The molecule has 4 rings (SSSR count). The highest BCUT2D eigenvalue weighted by molar-refractivity contribution is 6.36. The number of nitrogens with zero attached hydrogens (tertiary/aromatic N) is 1. The van der Waals surface area contributed by atoms with Crippen molar-refractivity contribution in [2.24, 2.45) is 0 Å². The fourth-order valence-electron chi connectivity index (χ4n) is 5.52. The van der Waals surface area contributed by atoms with Gasteiger partial charge in [0.2, 0.25) is 5.88 Å². The van der Waals surface area contributed by atoms with E-state index in [4.69, 9.17) is 21.3 Å². The number of anilines is 1. The van der Waals surface area contributed by atoms with Gasteiger partial charge in [-0.1, -0.05) is 75.7 Å². The Morgan fingerprint density at radius 3 is 2.50 bits per heavy atom. The molecule has 0 fully saturated rings. The molecule has 2 N–H and O–H groups in total. The highest BCUT2D eigenvalue weighted by atomic mass is 35.5. The summed E-state index contributed by atoms with van der Waals surface area (Å²) in [5.41, 5.74) is 7.58. The Morgan fingerprint density at radius 2 is 1.82 bits per heavy atom. The fraction of sp³-hybridized carbons (Fsp3) is 0.364. The molecule has 0 radical (unpaired) electrons. The maximum absolute atomic E-state index is 13.2. The van der Waals surface area contributed by atoms with E-state index in [9.17, 15) is 9.59 Å². The molecule has 0 aliphatic heterocycles. The number of carbonyl (C=O) groups excluding carboxylic acids is 2. The number of hydrogen-bond acceptors (Lipinski definition) is 4. The van der Waals surface area contributed by atoms with Gasteiger partial charge in [0, 0.05) is 29.4 Å². The lowest BCUT2D eigenvalue weighted by Gasteiger charge is -2.22. The predicted molar refractivity (Wildman–Crippen MR) is 163 cm³/mol. The summed E-state index contributed by atoms with van der Waals surface area (Å²) >= 11 is 7.15. The highest BCUT2D eigenvalue weighted by Crippen LogP contribution is 2.44. The van der Waals surface area contributed by atoms with E-state index in [1.54, 1.807) is 13.2 Å². The molecule has 2 aromatic carbocycles. The van der Waals surface area contributed by atoms with Gasteiger partial charge >= 0.3 is 0 Å². The maximum atomic E-state index is 13.2. The van der Waals surface area contributed by atoms with Gasteiger partial charge < -0.3 is 15.4 Å². The van der Waals surface area contributed by atoms with Gasteiger partial charge in [-0.15, -0.1) is 0 Å². The number of nitrogens with one attached hydrogen (secondary N) is 2. The number of likely N-dealkylation sites (N-methyl/N-ethyl adjacent to an activating group) is 1. The number of pyridine rings is 1. The van der Waals surface area contributed by atoms with Crippen LogP contribution in [0.3, 0.4) is 0 Å². The standard InChI is InChI=1S/C33H38ClN3O3/c1-7-11-25(31(38)35-5)32(39)36-26-15-10-12-22(29(26)19(3)8-2)23-13-9-14-24(30(23)34)27-18-21-17-16-20(4)28(21)33(37-27)40-6/h9-15,18-20H,7-8,16-17H2,1-6H3,(H,35,38)(H,36,39)/b25-11+. The summed E-state index contributed by atoms with van der Waals surface area (Å²) in [6.45, 7) is 8.34. The van der Waals surface area contributed by atoms with E-state index in [-0.39, 0.29) is 11.5 Å². The quantitative estimate of drug-likeness (QED) is 0.160. The molecule has 1 heterocycles. The summed E-state index contributed by atoms with van der Waals surface area (Å²) < 4.78 is 5.70. The minimum absolute atomic E-state index is 0.0940. The lowest BCUT2D eigenvalue weighted by molar-refractivity contribution is -0.121. The summed E-state index contributed by atoms with van der Waals surface area (Å²) in [6, 6.07) is 13.9. The van der Waals surface area contributed by atoms with Gasteiger partial charge in [-0.05, 0) is 66.3 Å². The second kappa shape index (κ2) is 12.7. The molecule has 2 amide bonds. The van der Waals surface area contributed by atoms with Crippen molar-refractivity contribution in [1.29, 1.82) is 0 Å². The smallest absolute Gasteiger partial charge is 0.260 e. The Labute approximate surface area is 242 Å². The van der Waals surface area contributed by atoms with Crippen LogP contribution in [-0.2, 0) is 16.0 Å².